The van der Waals surface area contributed by atoms with Crippen molar-refractivity contribution in [1.82, 2.24) is 9.66 Å². The normalized spacial score (nSPS) is 11.3. The number of para-hydroxylation sites is 1. The Bertz CT molecular complexity index is 1990. The zero-order valence-corrected chi connectivity index (χ0v) is 22.9. The maximum Gasteiger partial charge on any atom is 0.282 e. The van der Waals surface area contributed by atoms with Gasteiger partial charge in [0.25, 0.3) is 11.5 Å². The zero-order chi connectivity index (χ0) is 29.1. The summed E-state index contributed by atoms with van der Waals surface area (Å²) in [6.07, 6.45) is 1.55. The molecule has 0 spiro atoms. The van der Waals surface area contributed by atoms with Crippen molar-refractivity contribution < 1.29 is 18.7 Å². The first-order chi connectivity index (χ1) is 20.5. The molecule has 2 aromatic heterocycles. The van der Waals surface area contributed by atoms with E-state index in [2.05, 4.69) is 10.4 Å². The Balaban J connectivity index is 1.25. The molecule has 42 heavy (non-hydrogen) atoms. The van der Waals surface area contributed by atoms with Crippen LogP contribution in [0.5, 0.6) is 11.5 Å². The summed E-state index contributed by atoms with van der Waals surface area (Å²) < 4.78 is 18.4. The van der Waals surface area contributed by atoms with Gasteiger partial charge in [-0.2, -0.15) is 9.78 Å². The predicted octanol–water partition coefficient (Wildman–Crippen LogP) is 6.03. The van der Waals surface area contributed by atoms with Gasteiger partial charge in [-0.25, -0.2) is 4.98 Å². The van der Waals surface area contributed by atoms with Gasteiger partial charge in [0.1, 0.15) is 17.1 Å². The smallest absolute Gasteiger partial charge is 0.282 e. The number of methoxy groups -OCH3 is 1. The van der Waals surface area contributed by atoms with E-state index in [9.17, 15) is 9.59 Å². The average molecular weight is 559 g/mol. The van der Waals surface area contributed by atoms with Crippen molar-refractivity contribution in [2.45, 2.75) is 6.92 Å². The number of nitrogens with zero attached hydrogens (tertiary/aromatic N) is 3. The molecule has 0 atom stereocenters. The molecule has 0 saturated carbocycles. The van der Waals surface area contributed by atoms with Crippen LogP contribution in [-0.2, 0) is 4.79 Å². The number of aromatic nitrogens is 2. The van der Waals surface area contributed by atoms with Crippen LogP contribution in [0.4, 0.5) is 5.69 Å². The largest absolute Gasteiger partial charge is 0.496 e. The van der Waals surface area contributed by atoms with Crippen molar-refractivity contribution in [3.63, 3.8) is 0 Å². The third-order valence-electron chi connectivity index (χ3n) is 6.62. The van der Waals surface area contributed by atoms with Gasteiger partial charge in [-0.1, -0.05) is 35.9 Å². The van der Waals surface area contributed by atoms with E-state index in [4.69, 9.17) is 18.9 Å². The molecule has 0 aliphatic rings. The Hall–Kier alpha value is -5.70. The maximum absolute atomic E-state index is 13.5. The molecule has 0 saturated heterocycles. The molecule has 6 rings (SSSR count). The van der Waals surface area contributed by atoms with Gasteiger partial charge in [0.15, 0.2) is 12.4 Å². The van der Waals surface area contributed by atoms with Gasteiger partial charge in [-0.3, -0.25) is 9.59 Å². The van der Waals surface area contributed by atoms with E-state index >= 15 is 0 Å². The van der Waals surface area contributed by atoms with Crippen LogP contribution in [0.1, 0.15) is 11.1 Å². The van der Waals surface area contributed by atoms with Crippen molar-refractivity contribution >= 4 is 39.7 Å². The maximum atomic E-state index is 13.5. The van der Waals surface area contributed by atoms with Gasteiger partial charge in [0.05, 0.1) is 29.6 Å². The first-order valence-electron chi connectivity index (χ1n) is 13.2. The van der Waals surface area contributed by atoms with E-state index in [1.807, 2.05) is 55.5 Å². The molecule has 1 N–H and O–H groups in total. The summed E-state index contributed by atoms with van der Waals surface area (Å²) in [6.45, 7) is 1.85. The van der Waals surface area contributed by atoms with Crippen molar-refractivity contribution in [2.75, 3.05) is 19.0 Å². The lowest BCUT2D eigenvalue weighted by atomic mass is 10.2. The molecule has 9 nitrogen and oxygen atoms in total. The number of ether oxygens (including phenoxy) is 2. The minimum atomic E-state index is -0.334. The summed E-state index contributed by atoms with van der Waals surface area (Å²) >= 11 is 0. The highest BCUT2D eigenvalue weighted by molar-refractivity contribution is 5.92. The number of amides is 1. The number of fused-ring (bicyclic) bond motifs is 2. The number of carbonyl (C=O) groups is 1. The molecule has 2 heterocycles. The quantitative estimate of drug-likeness (QED) is 0.229. The van der Waals surface area contributed by atoms with Crippen LogP contribution < -0.4 is 20.3 Å². The molecule has 0 aliphatic carbocycles. The number of hydrogen-bond donors (Lipinski definition) is 1. The number of rotatable bonds is 8. The van der Waals surface area contributed by atoms with Gasteiger partial charge in [0.2, 0.25) is 5.82 Å². The Morgan fingerprint density at radius 3 is 2.55 bits per heavy atom. The molecule has 1 amide bonds. The minimum Gasteiger partial charge on any atom is -0.496 e. The first-order valence-corrected chi connectivity index (χ1v) is 13.2. The van der Waals surface area contributed by atoms with E-state index in [1.54, 1.807) is 61.9 Å². The summed E-state index contributed by atoms with van der Waals surface area (Å²) in [5.41, 5.74) is 3.33. The summed E-state index contributed by atoms with van der Waals surface area (Å²) in [4.78, 5) is 30.5. The molecule has 0 radical (unpaired) electrons. The molecule has 6 aromatic rings. The summed E-state index contributed by atoms with van der Waals surface area (Å²) in [5, 5.41) is 8.49. The predicted molar refractivity (Wildman–Crippen MR) is 163 cm³/mol. The average Bonchev–Trinajstić information content (AvgIpc) is 3.46. The van der Waals surface area contributed by atoms with Crippen molar-refractivity contribution in [3.05, 3.63) is 119 Å². The molecular weight excluding hydrogens is 532 g/mol. The molecular formula is C33H26N4O5. The van der Waals surface area contributed by atoms with E-state index in [0.29, 0.717) is 45.0 Å². The van der Waals surface area contributed by atoms with Crippen LogP contribution in [-0.4, -0.2) is 35.5 Å². The lowest BCUT2D eigenvalue weighted by molar-refractivity contribution is -0.118. The van der Waals surface area contributed by atoms with Crippen LogP contribution in [0.25, 0.3) is 33.5 Å². The van der Waals surface area contributed by atoms with Crippen molar-refractivity contribution in [1.29, 1.82) is 0 Å². The Kier molecular flexibility index (Phi) is 7.21. The third-order valence-corrected chi connectivity index (χ3v) is 6.62. The number of nitrogens with one attached hydrogen (secondary N) is 1. The van der Waals surface area contributed by atoms with E-state index < -0.39 is 0 Å². The second-order valence-corrected chi connectivity index (χ2v) is 9.57. The number of benzene rings is 4. The number of hydrogen-bond acceptors (Lipinski definition) is 7. The topological polar surface area (TPSA) is 108 Å². The highest BCUT2D eigenvalue weighted by Crippen LogP contribution is 2.32. The van der Waals surface area contributed by atoms with Gasteiger partial charge in [-0.15, -0.1) is 0 Å². The molecule has 9 heteroatoms. The Morgan fingerprint density at radius 2 is 1.76 bits per heavy atom. The summed E-state index contributed by atoms with van der Waals surface area (Å²) in [7, 11) is 1.59. The van der Waals surface area contributed by atoms with Crippen LogP contribution in [0.3, 0.4) is 0 Å². The monoisotopic (exact) mass is 558 g/mol. The summed E-state index contributed by atoms with van der Waals surface area (Å²) in [5.74, 6) is 1.54. The first kappa shape index (κ1) is 26.5. The van der Waals surface area contributed by atoms with E-state index in [1.165, 1.54) is 4.68 Å². The lowest BCUT2D eigenvalue weighted by Gasteiger charge is -2.08. The Morgan fingerprint density at radius 1 is 0.976 bits per heavy atom. The third kappa shape index (κ3) is 5.48. The fraction of sp³-hybridized carbons (Fsp3) is 0.0909. The number of carbonyl (C=O) groups excluding carboxylic acids is 1. The molecule has 208 valence electrons. The Labute approximate surface area is 240 Å². The van der Waals surface area contributed by atoms with Crippen LogP contribution in [0.2, 0.25) is 0 Å². The SMILES string of the molecule is COc1cccc2oc(-c3nc4ccccc4c(=O)n3N=Cc3ccc(OCC(=O)Nc4ccc(C)cc4)cc3)cc12. The highest BCUT2D eigenvalue weighted by Gasteiger charge is 2.18. The second-order valence-electron chi connectivity index (χ2n) is 9.57. The van der Waals surface area contributed by atoms with E-state index in [0.717, 1.165) is 10.9 Å². The fourth-order valence-corrected chi connectivity index (χ4v) is 4.47. The molecule has 0 fully saturated rings. The number of aryl methyl sites for hydroxylation is 1. The van der Waals surface area contributed by atoms with Crippen LogP contribution >= 0.6 is 0 Å². The van der Waals surface area contributed by atoms with Crippen molar-refractivity contribution in [3.8, 4) is 23.1 Å². The minimum absolute atomic E-state index is 0.134. The van der Waals surface area contributed by atoms with Gasteiger partial charge in [-0.05, 0) is 79.2 Å². The number of anilines is 1. The molecule has 0 aliphatic heterocycles. The van der Waals surface area contributed by atoms with Crippen molar-refractivity contribution in [2.24, 2.45) is 5.10 Å². The van der Waals surface area contributed by atoms with E-state index in [-0.39, 0.29) is 23.9 Å². The van der Waals surface area contributed by atoms with Gasteiger partial charge < -0.3 is 19.2 Å². The molecule has 0 bridgehead atoms. The standard InChI is InChI=1S/C33H26N4O5/c1-21-10-14-23(15-11-21)35-31(38)20-41-24-16-12-22(13-17-24)19-34-37-32(36-27-7-4-3-6-25(27)33(37)39)30-18-26-28(40-2)8-5-9-29(26)42-30/h3-19H,20H2,1-2H3,(H,35,38). The van der Waals surface area contributed by atoms with Crippen LogP contribution in [0.15, 0.2) is 111 Å². The zero-order valence-electron chi connectivity index (χ0n) is 22.9. The fourth-order valence-electron chi connectivity index (χ4n) is 4.47. The molecule has 4 aromatic carbocycles. The van der Waals surface area contributed by atoms with Gasteiger partial charge in [0, 0.05) is 5.69 Å². The van der Waals surface area contributed by atoms with Crippen LogP contribution in [0, 0.1) is 6.92 Å². The number of furan rings is 1. The molecule has 0 unspecified atom stereocenters. The summed E-state index contributed by atoms with van der Waals surface area (Å²) in [6, 6.07) is 28.9. The highest BCUT2D eigenvalue weighted by atomic mass is 16.5. The van der Waals surface area contributed by atoms with Gasteiger partial charge >= 0.3 is 0 Å². The second kappa shape index (κ2) is 11.4. The lowest BCUT2D eigenvalue weighted by Crippen LogP contribution is -2.20.